The van der Waals surface area contributed by atoms with Gasteiger partial charge in [0.15, 0.2) is 11.5 Å². The van der Waals surface area contributed by atoms with Crippen molar-refractivity contribution in [1.82, 2.24) is 9.55 Å². The summed E-state index contributed by atoms with van der Waals surface area (Å²) in [6.07, 6.45) is -2.31. The van der Waals surface area contributed by atoms with Gasteiger partial charge in [-0.2, -0.15) is 0 Å². The van der Waals surface area contributed by atoms with E-state index in [0.29, 0.717) is 0 Å². The molecule has 0 amide bonds. The number of hydrogen-bond acceptors (Lipinski definition) is 5. The minimum Gasteiger partial charge on any atom is -0.394 e. The Labute approximate surface area is 141 Å². The number of aliphatic hydroxyl groups excluding tert-OH is 1. The highest BCUT2D eigenvalue weighted by atomic mass is 28.3. The molecular weight excluding hydrogens is 335 g/mol. The fraction of sp³-hybridized carbons (Fsp3) is 0.733. The fourth-order valence-corrected chi connectivity index (χ4v) is 5.13. The number of nitrogens with one attached hydrogen (secondary N) is 1. The van der Waals surface area contributed by atoms with Crippen LogP contribution in [0.2, 0.25) is 13.1 Å². The molecule has 136 valence electrons. The lowest BCUT2D eigenvalue weighted by molar-refractivity contribution is -0.115. The lowest BCUT2D eigenvalue weighted by atomic mass is 10.1. The Morgan fingerprint density at radius 1 is 1.46 bits per heavy atom. The summed E-state index contributed by atoms with van der Waals surface area (Å²) >= 11 is 0. The van der Waals surface area contributed by atoms with E-state index in [2.05, 4.69) is 4.98 Å². The summed E-state index contributed by atoms with van der Waals surface area (Å²) in [4.78, 5) is 25.7. The van der Waals surface area contributed by atoms with E-state index < -0.39 is 56.0 Å². The third-order valence-corrected chi connectivity index (χ3v) is 6.47. The van der Waals surface area contributed by atoms with Gasteiger partial charge in [0, 0.05) is 12.3 Å². The van der Waals surface area contributed by atoms with Gasteiger partial charge < -0.3 is 14.6 Å². The predicted octanol–water partition coefficient (Wildman–Crippen LogP) is 0.128. The first-order chi connectivity index (χ1) is 11.0. The van der Waals surface area contributed by atoms with Crippen LogP contribution >= 0.6 is 0 Å². The number of H-pyrrole nitrogens is 1. The molecule has 2 heterocycles. The summed E-state index contributed by atoms with van der Waals surface area (Å²) in [5.41, 5.74) is -1.94. The molecular formula is C15H25FN2O5Si. The van der Waals surface area contributed by atoms with E-state index in [0.717, 1.165) is 10.6 Å². The fourth-order valence-electron chi connectivity index (χ4n) is 3.10. The normalized spacial score (nSPS) is 30.9. The van der Waals surface area contributed by atoms with Gasteiger partial charge in [-0.15, -0.1) is 0 Å². The zero-order valence-corrected chi connectivity index (χ0v) is 15.7. The monoisotopic (exact) mass is 360 g/mol. The van der Waals surface area contributed by atoms with Gasteiger partial charge in [-0.1, -0.05) is 13.1 Å². The van der Waals surface area contributed by atoms with E-state index in [1.807, 2.05) is 13.1 Å². The molecule has 1 aliphatic heterocycles. The van der Waals surface area contributed by atoms with Crippen molar-refractivity contribution in [3.05, 3.63) is 33.1 Å². The number of nitrogens with zero attached hydrogens (tertiary/aromatic N) is 1. The number of halogens is 1. The molecule has 0 saturated carbocycles. The Morgan fingerprint density at radius 2 is 2.08 bits per heavy atom. The highest BCUT2D eigenvalue weighted by Gasteiger charge is 2.60. The maximum Gasteiger partial charge on any atom is 0.330 e. The SMILES string of the molecule is C[SiH](C)[C@@]1(n2ccc(=O)[nH]c2=O)O[C@H](CO)[C@@H](OC(C)(C)C)[C@H]1F. The van der Waals surface area contributed by atoms with Crippen molar-refractivity contribution in [3.8, 4) is 0 Å². The summed E-state index contributed by atoms with van der Waals surface area (Å²) in [6.45, 7) is 8.62. The van der Waals surface area contributed by atoms with Crippen molar-refractivity contribution in [2.75, 3.05) is 6.61 Å². The number of rotatable bonds is 4. The molecule has 0 aromatic carbocycles. The van der Waals surface area contributed by atoms with Gasteiger partial charge in [0.1, 0.15) is 21.0 Å². The highest BCUT2D eigenvalue weighted by molar-refractivity contribution is 6.58. The van der Waals surface area contributed by atoms with Crippen LogP contribution in [-0.2, 0) is 14.8 Å². The number of aromatic nitrogens is 2. The molecule has 2 rings (SSSR count). The third kappa shape index (κ3) is 3.25. The second-order valence-electron chi connectivity index (χ2n) is 7.32. The summed E-state index contributed by atoms with van der Waals surface area (Å²) in [6, 6.07) is 1.15. The van der Waals surface area contributed by atoms with E-state index in [1.165, 1.54) is 6.20 Å². The van der Waals surface area contributed by atoms with Crippen molar-refractivity contribution in [1.29, 1.82) is 0 Å². The third-order valence-electron chi connectivity index (χ3n) is 4.09. The zero-order valence-electron chi connectivity index (χ0n) is 14.6. The molecule has 2 N–H and O–H groups in total. The molecule has 0 radical (unpaired) electrons. The van der Waals surface area contributed by atoms with E-state index in [4.69, 9.17) is 9.47 Å². The van der Waals surface area contributed by atoms with Crippen molar-refractivity contribution in [2.24, 2.45) is 0 Å². The maximum atomic E-state index is 15.5. The summed E-state index contributed by atoms with van der Waals surface area (Å²) in [5.74, 6) is 0. The van der Waals surface area contributed by atoms with Crippen molar-refractivity contribution in [2.45, 2.75) is 63.2 Å². The predicted molar refractivity (Wildman–Crippen MR) is 89.7 cm³/mol. The Hall–Kier alpha value is -1.29. The van der Waals surface area contributed by atoms with E-state index in [-0.39, 0.29) is 0 Å². The minimum atomic E-state index is -1.99. The molecule has 0 bridgehead atoms. The minimum absolute atomic E-state index is 0.428. The van der Waals surface area contributed by atoms with Gasteiger partial charge in [-0.05, 0) is 20.8 Å². The molecule has 0 spiro atoms. The number of ether oxygens (including phenoxy) is 2. The lowest BCUT2D eigenvalue weighted by Crippen LogP contribution is -2.57. The van der Waals surface area contributed by atoms with Crippen molar-refractivity contribution in [3.63, 3.8) is 0 Å². The van der Waals surface area contributed by atoms with Crippen molar-refractivity contribution >= 4 is 8.80 Å². The average Bonchev–Trinajstić information content (AvgIpc) is 2.72. The van der Waals surface area contributed by atoms with Gasteiger partial charge in [-0.25, -0.2) is 9.18 Å². The quantitative estimate of drug-likeness (QED) is 0.745. The van der Waals surface area contributed by atoms with Crippen LogP contribution < -0.4 is 11.2 Å². The molecule has 24 heavy (non-hydrogen) atoms. The number of hydrogen-bond donors (Lipinski definition) is 2. The van der Waals surface area contributed by atoms with Gasteiger partial charge in [0.25, 0.3) is 5.56 Å². The molecule has 1 saturated heterocycles. The molecule has 0 aliphatic carbocycles. The highest BCUT2D eigenvalue weighted by Crippen LogP contribution is 2.41. The molecule has 1 fully saturated rings. The molecule has 1 aromatic rings. The first kappa shape index (κ1) is 19.0. The van der Waals surface area contributed by atoms with Crippen LogP contribution in [0.3, 0.4) is 0 Å². The van der Waals surface area contributed by atoms with E-state index in [1.54, 1.807) is 20.8 Å². The number of aromatic amines is 1. The molecule has 0 unspecified atom stereocenters. The van der Waals surface area contributed by atoms with E-state index in [9.17, 15) is 14.7 Å². The van der Waals surface area contributed by atoms with E-state index >= 15 is 4.39 Å². The second-order valence-corrected chi connectivity index (χ2v) is 10.5. The van der Waals surface area contributed by atoms with Gasteiger partial charge in [0.2, 0.25) is 0 Å². The van der Waals surface area contributed by atoms with Gasteiger partial charge in [0.05, 0.1) is 12.2 Å². The smallest absolute Gasteiger partial charge is 0.330 e. The first-order valence-electron chi connectivity index (χ1n) is 7.96. The largest absolute Gasteiger partial charge is 0.394 e. The van der Waals surface area contributed by atoms with Crippen LogP contribution in [0, 0.1) is 0 Å². The van der Waals surface area contributed by atoms with Gasteiger partial charge >= 0.3 is 5.69 Å². The number of aliphatic hydroxyl groups is 1. The van der Waals surface area contributed by atoms with Crippen LogP contribution in [0.1, 0.15) is 20.8 Å². The molecule has 9 heteroatoms. The van der Waals surface area contributed by atoms with Crippen LogP contribution in [0.5, 0.6) is 0 Å². The molecule has 4 atom stereocenters. The van der Waals surface area contributed by atoms with Crippen molar-refractivity contribution < 1.29 is 19.0 Å². The Morgan fingerprint density at radius 3 is 2.54 bits per heavy atom. The topological polar surface area (TPSA) is 93.6 Å². The first-order valence-corrected chi connectivity index (χ1v) is 10.8. The molecule has 1 aromatic heterocycles. The van der Waals surface area contributed by atoms with Gasteiger partial charge in [-0.3, -0.25) is 14.3 Å². The Balaban J connectivity index is 2.57. The second kappa shape index (κ2) is 6.55. The van der Waals surface area contributed by atoms with Crippen LogP contribution in [0.4, 0.5) is 4.39 Å². The lowest BCUT2D eigenvalue weighted by Gasteiger charge is -2.36. The number of alkyl halides is 1. The van der Waals surface area contributed by atoms with Crippen LogP contribution in [0.25, 0.3) is 0 Å². The molecule has 7 nitrogen and oxygen atoms in total. The Kier molecular flexibility index (Phi) is 5.19. The maximum absolute atomic E-state index is 15.5. The Bertz CT molecular complexity index is 698. The van der Waals surface area contributed by atoms with Crippen LogP contribution in [0.15, 0.2) is 21.9 Å². The summed E-state index contributed by atoms with van der Waals surface area (Å²) < 4.78 is 28.3. The zero-order chi connectivity index (χ0) is 18.3. The average molecular weight is 360 g/mol. The van der Waals surface area contributed by atoms with Crippen LogP contribution in [-0.4, -0.2) is 54.0 Å². The summed E-state index contributed by atoms with van der Waals surface area (Å²) in [5, 5.41) is 8.09. The molecule has 1 aliphatic rings. The summed E-state index contributed by atoms with van der Waals surface area (Å²) in [7, 11) is -1.99. The standard InChI is InChI=1S/C15H25FN2O5Si/c1-14(2,3)23-11-9(8-19)22-15(12(11)16,24(4)5)18-7-6-10(20)17-13(18)21/h6-7,9,11-12,19,24H,8H2,1-5H3,(H,17,20,21)/t9-,11-,12-,15+/m1/s1.